The summed E-state index contributed by atoms with van der Waals surface area (Å²) in [5.74, 6) is 0.867. The van der Waals surface area contributed by atoms with Gasteiger partial charge in [0.15, 0.2) is 5.78 Å². The van der Waals surface area contributed by atoms with Gasteiger partial charge in [0, 0.05) is 18.4 Å². The van der Waals surface area contributed by atoms with Crippen molar-refractivity contribution >= 4 is 5.78 Å². The van der Waals surface area contributed by atoms with Crippen LogP contribution in [0.3, 0.4) is 0 Å². The quantitative estimate of drug-likeness (QED) is 0.524. The second-order valence-electron chi connectivity index (χ2n) is 4.24. The minimum Gasteiger partial charge on any atom is -0.512 e. The van der Waals surface area contributed by atoms with Gasteiger partial charge in [-0.1, -0.05) is 34.1 Å². The third kappa shape index (κ3) is 5.79. The molecule has 1 unspecified atom stereocenters. The second kappa shape index (κ2) is 6.63. The summed E-state index contributed by atoms with van der Waals surface area (Å²) >= 11 is 0. The molecule has 2 heteroatoms. The highest BCUT2D eigenvalue weighted by Crippen LogP contribution is 2.11. The van der Waals surface area contributed by atoms with Crippen LogP contribution in [0, 0.1) is 11.8 Å². The first-order valence-corrected chi connectivity index (χ1v) is 5.40. The van der Waals surface area contributed by atoms with Gasteiger partial charge < -0.3 is 5.11 Å². The van der Waals surface area contributed by atoms with Gasteiger partial charge in [-0.25, -0.2) is 0 Å². The number of rotatable bonds is 6. The number of hydrogen-bond acceptors (Lipinski definition) is 2. The van der Waals surface area contributed by atoms with Gasteiger partial charge in [-0.2, -0.15) is 0 Å². The Morgan fingerprint density at radius 3 is 2.36 bits per heavy atom. The fraction of sp³-hybridized carbons (Fsp3) is 0.750. The highest BCUT2D eigenvalue weighted by atomic mass is 16.3. The lowest BCUT2D eigenvalue weighted by atomic mass is 10.0. The van der Waals surface area contributed by atoms with Crippen LogP contribution in [0.1, 0.15) is 47.0 Å². The van der Waals surface area contributed by atoms with Crippen molar-refractivity contribution in [3.63, 3.8) is 0 Å². The van der Waals surface area contributed by atoms with Crippen LogP contribution in [-0.4, -0.2) is 10.9 Å². The molecule has 0 amide bonds. The van der Waals surface area contributed by atoms with E-state index in [1.807, 2.05) is 13.8 Å². The smallest absolute Gasteiger partial charge is 0.159 e. The van der Waals surface area contributed by atoms with E-state index in [-0.39, 0.29) is 17.5 Å². The zero-order chi connectivity index (χ0) is 11.1. The maximum absolute atomic E-state index is 11.3. The molecule has 14 heavy (non-hydrogen) atoms. The fourth-order valence-electron chi connectivity index (χ4n) is 0.997. The monoisotopic (exact) mass is 198 g/mol. The standard InChI is InChI=1S/C12H22O2/c1-5-10(4)6-7-11(13)8-12(14)9(2)3/h8-10,14H,5-7H2,1-4H3. The molecule has 0 radical (unpaired) electrons. The summed E-state index contributed by atoms with van der Waals surface area (Å²) in [4.78, 5) is 11.3. The lowest BCUT2D eigenvalue weighted by Gasteiger charge is -2.06. The molecule has 0 saturated carbocycles. The van der Waals surface area contributed by atoms with Crippen molar-refractivity contribution in [1.29, 1.82) is 0 Å². The van der Waals surface area contributed by atoms with E-state index in [1.165, 1.54) is 6.08 Å². The predicted molar refractivity (Wildman–Crippen MR) is 59.2 cm³/mol. The highest BCUT2D eigenvalue weighted by molar-refractivity contribution is 5.89. The lowest BCUT2D eigenvalue weighted by molar-refractivity contribution is -0.115. The van der Waals surface area contributed by atoms with Crippen molar-refractivity contribution in [3.8, 4) is 0 Å². The van der Waals surface area contributed by atoms with E-state index >= 15 is 0 Å². The molecule has 0 aromatic heterocycles. The van der Waals surface area contributed by atoms with Crippen molar-refractivity contribution in [1.82, 2.24) is 0 Å². The molecule has 0 fully saturated rings. The summed E-state index contributed by atoms with van der Waals surface area (Å²) in [6.45, 7) is 8.00. The second-order valence-corrected chi connectivity index (χ2v) is 4.24. The van der Waals surface area contributed by atoms with Crippen molar-refractivity contribution in [2.75, 3.05) is 0 Å². The van der Waals surface area contributed by atoms with E-state index in [2.05, 4.69) is 13.8 Å². The van der Waals surface area contributed by atoms with Crippen molar-refractivity contribution < 1.29 is 9.90 Å². The van der Waals surface area contributed by atoms with Gasteiger partial charge in [0.05, 0.1) is 5.76 Å². The lowest BCUT2D eigenvalue weighted by Crippen LogP contribution is -2.02. The molecule has 1 atom stereocenters. The summed E-state index contributed by atoms with van der Waals surface area (Å²) in [6, 6.07) is 0. The number of carbonyl (C=O) groups is 1. The van der Waals surface area contributed by atoms with E-state index < -0.39 is 0 Å². The van der Waals surface area contributed by atoms with Crippen LogP contribution in [0.2, 0.25) is 0 Å². The number of carbonyl (C=O) groups excluding carboxylic acids is 1. The van der Waals surface area contributed by atoms with Crippen LogP contribution in [-0.2, 0) is 4.79 Å². The van der Waals surface area contributed by atoms with Crippen LogP contribution < -0.4 is 0 Å². The average molecular weight is 198 g/mol. The topological polar surface area (TPSA) is 37.3 Å². The van der Waals surface area contributed by atoms with Crippen molar-refractivity contribution in [2.24, 2.45) is 11.8 Å². The third-order valence-electron chi connectivity index (χ3n) is 2.48. The van der Waals surface area contributed by atoms with Gasteiger partial charge in [-0.05, 0) is 12.3 Å². The number of aliphatic hydroxyl groups is 1. The molecule has 82 valence electrons. The molecule has 0 aliphatic carbocycles. The Hall–Kier alpha value is -0.790. The van der Waals surface area contributed by atoms with Gasteiger partial charge in [0.25, 0.3) is 0 Å². The molecule has 0 heterocycles. The van der Waals surface area contributed by atoms with E-state index in [0.717, 1.165) is 12.8 Å². The van der Waals surface area contributed by atoms with Gasteiger partial charge >= 0.3 is 0 Å². The van der Waals surface area contributed by atoms with Crippen LogP contribution in [0.5, 0.6) is 0 Å². The molecule has 0 saturated heterocycles. The van der Waals surface area contributed by atoms with Gasteiger partial charge in [-0.15, -0.1) is 0 Å². The molecule has 0 spiro atoms. The normalized spacial score (nSPS) is 14.5. The molecule has 0 aromatic carbocycles. The Morgan fingerprint density at radius 2 is 1.93 bits per heavy atom. The molecule has 0 rings (SSSR count). The molecular weight excluding hydrogens is 176 g/mol. The summed E-state index contributed by atoms with van der Waals surface area (Å²) in [5.41, 5.74) is 0. The summed E-state index contributed by atoms with van der Waals surface area (Å²) in [6.07, 6.45) is 3.93. The van der Waals surface area contributed by atoms with E-state index in [0.29, 0.717) is 12.3 Å². The van der Waals surface area contributed by atoms with Crippen LogP contribution in [0.4, 0.5) is 0 Å². The minimum absolute atomic E-state index is 0.0384. The predicted octanol–water partition coefficient (Wildman–Crippen LogP) is 3.48. The number of ketones is 1. The SMILES string of the molecule is CCC(C)CCC(=O)C=C(O)C(C)C. The molecule has 2 nitrogen and oxygen atoms in total. The fourth-order valence-corrected chi connectivity index (χ4v) is 0.997. The Balaban J connectivity index is 3.92. The maximum atomic E-state index is 11.3. The zero-order valence-electron chi connectivity index (χ0n) is 9.71. The summed E-state index contributed by atoms with van der Waals surface area (Å²) in [7, 11) is 0. The van der Waals surface area contributed by atoms with Crippen molar-refractivity contribution in [2.45, 2.75) is 47.0 Å². The largest absolute Gasteiger partial charge is 0.512 e. The van der Waals surface area contributed by atoms with E-state index in [9.17, 15) is 9.90 Å². The zero-order valence-corrected chi connectivity index (χ0v) is 9.71. The van der Waals surface area contributed by atoms with Crippen LogP contribution in [0.15, 0.2) is 11.8 Å². The molecule has 0 aromatic rings. The Kier molecular flexibility index (Phi) is 6.26. The van der Waals surface area contributed by atoms with Crippen LogP contribution in [0.25, 0.3) is 0 Å². The molecular formula is C12H22O2. The first-order chi connectivity index (χ1) is 6.47. The highest BCUT2D eigenvalue weighted by Gasteiger charge is 2.06. The molecule has 0 aliphatic heterocycles. The molecule has 0 aliphatic rings. The molecule has 1 N–H and O–H groups in total. The summed E-state index contributed by atoms with van der Waals surface area (Å²) in [5, 5.41) is 9.36. The Labute approximate surface area is 87.0 Å². The van der Waals surface area contributed by atoms with Gasteiger partial charge in [0.1, 0.15) is 0 Å². The Morgan fingerprint density at radius 1 is 1.36 bits per heavy atom. The number of aliphatic hydroxyl groups excluding tert-OH is 1. The maximum Gasteiger partial charge on any atom is 0.159 e. The number of allylic oxidation sites excluding steroid dienone is 2. The first-order valence-electron chi connectivity index (χ1n) is 5.40. The average Bonchev–Trinajstić information content (AvgIpc) is 2.13. The van der Waals surface area contributed by atoms with E-state index in [4.69, 9.17) is 0 Å². The van der Waals surface area contributed by atoms with Gasteiger partial charge in [-0.3, -0.25) is 4.79 Å². The molecule has 0 bridgehead atoms. The van der Waals surface area contributed by atoms with Crippen LogP contribution >= 0.6 is 0 Å². The summed E-state index contributed by atoms with van der Waals surface area (Å²) < 4.78 is 0. The van der Waals surface area contributed by atoms with Gasteiger partial charge in [0.2, 0.25) is 0 Å². The third-order valence-corrected chi connectivity index (χ3v) is 2.48. The van der Waals surface area contributed by atoms with Crippen molar-refractivity contribution in [3.05, 3.63) is 11.8 Å². The minimum atomic E-state index is 0.0384. The first kappa shape index (κ1) is 13.2. The Bertz CT molecular complexity index is 204. The van der Waals surface area contributed by atoms with E-state index in [1.54, 1.807) is 0 Å². The number of hydrogen-bond donors (Lipinski definition) is 1.